The molecule has 1 rings (SSSR count). The van der Waals surface area contributed by atoms with E-state index >= 15 is 0 Å². The lowest BCUT2D eigenvalue weighted by Gasteiger charge is -2.05. The number of halogens is 4. The molecule has 0 saturated carbocycles. The highest BCUT2D eigenvalue weighted by atomic mass is 35.7. The number of rotatable bonds is 1. The first-order valence-corrected chi connectivity index (χ1v) is 6.36. The summed E-state index contributed by atoms with van der Waals surface area (Å²) in [4.78, 5) is 0.201. The molecule has 0 fully saturated rings. The van der Waals surface area contributed by atoms with Crippen molar-refractivity contribution in [3.63, 3.8) is 0 Å². The first-order valence-electron chi connectivity index (χ1n) is 3.57. The van der Waals surface area contributed by atoms with Gasteiger partial charge in [-0.05, 0) is 24.3 Å². The van der Waals surface area contributed by atoms with Crippen LogP contribution in [0.3, 0.4) is 0 Å². The maximum absolute atomic E-state index is 12.1. The Balaban J connectivity index is 3.08. The van der Waals surface area contributed by atoms with Crippen LogP contribution in [0.25, 0.3) is 0 Å². The molecule has 0 heterocycles. The second-order valence-electron chi connectivity index (χ2n) is 2.77. The first-order chi connectivity index (χ1) is 6.21. The predicted octanol–water partition coefficient (Wildman–Crippen LogP) is 3.35. The molecule has 1 atom stereocenters. The van der Waals surface area contributed by atoms with Gasteiger partial charge in [0.05, 0.1) is 5.56 Å². The van der Waals surface area contributed by atoms with Gasteiger partial charge in [0.25, 0.3) is 0 Å². The minimum Gasteiger partial charge on any atom is -0.166 e. The summed E-state index contributed by atoms with van der Waals surface area (Å²) in [7, 11) is 2.76. The number of hydrogen-bond donors (Lipinski definition) is 0. The number of alkyl halides is 3. The summed E-state index contributed by atoms with van der Waals surface area (Å²) in [6.07, 6.45) is -3.11. The van der Waals surface area contributed by atoms with E-state index in [0.29, 0.717) is 0 Å². The fraction of sp³-hybridized carbons (Fsp3) is 0.250. The van der Waals surface area contributed by atoms with Crippen LogP contribution in [0.4, 0.5) is 13.2 Å². The van der Waals surface area contributed by atoms with Gasteiger partial charge >= 0.3 is 6.18 Å². The van der Waals surface area contributed by atoms with E-state index in [9.17, 15) is 17.4 Å². The molecule has 0 N–H and O–H groups in total. The van der Waals surface area contributed by atoms with Crippen molar-refractivity contribution in [2.24, 2.45) is 0 Å². The fourth-order valence-corrected chi connectivity index (χ4v) is 1.82. The highest BCUT2D eigenvalue weighted by Gasteiger charge is 2.31. The number of benzene rings is 1. The molecular formula is C8H7ClF3OS+. The van der Waals surface area contributed by atoms with Crippen LogP contribution in [0.2, 0.25) is 0 Å². The molecule has 6 heteroatoms. The molecular weight excluding hydrogens is 237 g/mol. The molecule has 1 nitrogen and oxygen atoms in total. The Morgan fingerprint density at radius 1 is 1.21 bits per heavy atom. The van der Waals surface area contributed by atoms with Gasteiger partial charge in [-0.2, -0.15) is 13.2 Å². The van der Waals surface area contributed by atoms with Crippen molar-refractivity contribution >= 4 is 19.8 Å². The van der Waals surface area contributed by atoms with E-state index in [-0.39, 0.29) is 4.90 Å². The molecule has 0 aromatic heterocycles. The Hall–Kier alpha value is -0.550. The third-order valence-corrected chi connectivity index (χ3v) is 3.25. The van der Waals surface area contributed by atoms with Gasteiger partial charge in [0.1, 0.15) is 6.26 Å². The summed E-state index contributed by atoms with van der Waals surface area (Å²) in [5, 5.41) is 0. The molecule has 1 unspecified atom stereocenters. The van der Waals surface area contributed by atoms with Gasteiger partial charge in [-0.1, -0.05) is 4.21 Å². The minimum absolute atomic E-state index is 0.201. The Labute approximate surface area is 84.8 Å². The lowest BCUT2D eigenvalue weighted by molar-refractivity contribution is -0.137. The van der Waals surface area contributed by atoms with Gasteiger partial charge < -0.3 is 0 Å². The van der Waals surface area contributed by atoms with Crippen molar-refractivity contribution in [3.05, 3.63) is 29.8 Å². The summed E-state index contributed by atoms with van der Waals surface area (Å²) in [5.74, 6) is 0. The Morgan fingerprint density at radius 3 is 1.93 bits per heavy atom. The Bertz CT molecular complexity index is 365. The van der Waals surface area contributed by atoms with Crippen LogP contribution in [0, 0.1) is 0 Å². The zero-order valence-corrected chi connectivity index (χ0v) is 8.71. The SMILES string of the molecule is C[S+](=O)(Cl)c1ccc(C(F)(F)F)cc1. The smallest absolute Gasteiger partial charge is 0.166 e. The highest BCUT2D eigenvalue weighted by Crippen LogP contribution is 2.31. The third-order valence-electron chi connectivity index (χ3n) is 1.60. The summed E-state index contributed by atoms with van der Waals surface area (Å²) >= 11 is 0. The molecule has 0 saturated heterocycles. The second-order valence-corrected chi connectivity index (χ2v) is 6.51. The zero-order chi connectivity index (χ0) is 11.0. The molecule has 0 bridgehead atoms. The first kappa shape index (κ1) is 11.5. The summed E-state index contributed by atoms with van der Waals surface area (Å²) in [6.45, 7) is 0. The van der Waals surface area contributed by atoms with Gasteiger partial charge in [0.15, 0.2) is 15.6 Å². The van der Waals surface area contributed by atoms with Crippen molar-refractivity contribution in [2.45, 2.75) is 11.1 Å². The molecule has 14 heavy (non-hydrogen) atoms. The van der Waals surface area contributed by atoms with Crippen molar-refractivity contribution in [3.8, 4) is 0 Å². The van der Waals surface area contributed by atoms with Crippen molar-refractivity contribution < 1.29 is 17.4 Å². The molecule has 0 aliphatic rings. The van der Waals surface area contributed by atoms with Crippen LogP contribution in [0.15, 0.2) is 29.2 Å². The third kappa shape index (κ3) is 2.72. The maximum Gasteiger partial charge on any atom is 0.416 e. The average molecular weight is 244 g/mol. The van der Waals surface area contributed by atoms with Crippen LogP contribution in [-0.4, -0.2) is 6.26 Å². The van der Waals surface area contributed by atoms with E-state index in [4.69, 9.17) is 10.7 Å². The molecule has 0 amide bonds. The molecule has 78 valence electrons. The van der Waals surface area contributed by atoms with E-state index < -0.39 is 20.9 Å². The van der Waals surface area contributed by atoms with Gasteiger partial charge in [0, 0.05) is 0 Å². The Morgan fingerprint density at radius 2 is 1.64 bits per heavy atom. The molecule has 0 aliphatic heterocycles. The van der Waals surface area contributed by atoms with Crippen LogP contribution in [0.1, 0.15) is 5.56 Å². The van der Waals surface area contributed by atoms with E-state index in [1.54, 1.807) is 0 Å². The predicted molar refractivity (Wildman–Crippen MR) is 49.5 cm³/mol. The lowest BCUT2D eigenvalue weighted by atomic mass is 10.2. The van der Waals surface area contributed by atoms with Crippen molar-refractivity contribution in [1.82, 2.24) is 0 Å². The van der Waals surface area contributed by atoms with Gasteiger partial charge in [0.2, 0.25) is 9.15 Å². The molecule has 1 aromatic rings. The van der Waals surface area contributed by atoms with Gasteiger partial charge in [-0.3, -0.25) is 0 Å². The number of hydrogen-bond acceptors (Lipinski definition) is 1. The molecule has 1 aromatic carbocycles. The summed E-state index contributed by atoms with van der Waals surface area (Å²) in [6, 6.07) is 3.97. The Kier molecular flexibility index (Phi) is 2.92. The van der Waals surface area contributed by atoms with Gasteiger partial charge in [-0.25, -0.2) is 0 Å². The van der Waals surface area contributed by atoms with E-state index in [0.717, 1.165) is 24.3 Å². The summed E-state index contributed by atoms with van der Waals surface area (Å²) in [5.41, 5.74) is -0.776. The van der Waals surface area contributed by atoms with Crippen LogP contribution in [-0.2, 0) is 19.5 Å². The lowest BCUT2D eigenvalue weighted by Crippen LogP contribution is -2.05. The normalized spacial score (nSPS) is 16.4. The topological polar surface area (TPSA) is 17.1 Å². The van der Waals surface area contributed by atoms with Gasteiger partial charge in [-0.15, -0.1) is 0 Å². The van der Waals surface area contributed by atoms with Crippen LogP contribution in [0.5, 0.6) is 0 Å². The average Bonchev–Trinajstić information content (AvgIpc) is 2.01. The maximum atomic E-state index is 12.1. The molecule has 0 aliphatic carbocycles. The zero-order valence-electron chi connectivity index (χ0n) is 7.14. The van der Waals surface area contributed by atoms with Crippen molar-refractivity contribution in [1.29, 1.82) is 0 Å². The standard InChI is InChI=1S/C8H7ClF3OS/c1-14(9,13)7-4-2-6(3-5-7)8(10,11)12/h2-5H,1H3/q+1. The minimum atomic E-state index is -4.38. The van der Waals surface area contributed by atoms with E-state index in [1.807, 2.05) is 0 Å². The highest BCUT2D eigenvalue weighted by molar-refractivity contribution is 8.23. The molecule has 0 radical (unpaired) electrons. The molecule has 0 spiro atoms. The fourth-order valence-electron chi connectivity index (χ4n) is 0.887. The quantitative estimate of drug-likeness (QED) is 0.546. The summed E-state index contributed by atoms with van der Waals surface area (Å²) < 4.78 is 47.6. The van der Waals surface area contributed by atoms with Crippen LogP contribution >= 0.6 is 10.7 Å². The monoisotopic (exact) mass is 243 g/mol. The van der Waals surface area contributed by atoms with E-state index in [2.05, 4.69) is 0 Å². The largest absolute Gasteiger partial charge is 0.416 e. The van der Waals surface area contributed by atoms with Crippen molar-refractivity contribution in [2.75, 3.05) is 6.26 Å². The second kappa shape index (κ2) is 3.55. The van der Waals surface area contributed by atoms with E-state index in [1.165, 1.54) is 6.26 Å². The van der Waals surface area contributed by atoms with Crippen LogP contribution < -0.4 is 0 Å².